The number of carbonyl (C=O) groups excluding carboxylic acids is 1. The van der Waals surface area contributed by atoms with Gasteiger partial charge in [0.2, 0.25) is 0 Å². The lowest BCUT2D eigenvalue weighted by Crippen LogP contribution is -2.43. The van der Waals surface area contributed by atoms with Gasteiger partial charge in [0.25, 0.3) is 5.91 Å². The molecule has 1 aliphatic heterocycles. The van der Waals surface area contributed by atoms with Crippen LogP contribution in [0.4, 0.5) is 15.8 Å². The molecule has 5 heteroatoms. The standard InChI is InChI=1S/C20H16FN3O/c1-13-5-4-8-18(22-13)19-23-17-7-3-2-6-16(17)20(25)24(19)15-11-9-14(21)10-12-15/h2-12,19,23H,1H3/t19-/m0/s1. The fourth-order valence-corrected chi connectivity index (χ4v) is 3.04. The number of amides is 1. The number of hydrogen-bond acceptors (Lipinski definition) is 3. The SMILES string of the molecule is Cc1cccc([C@H]2Nc3ccccc3C(=O)N2c2ccc(F)cc2)n1. The van der Waals surface area contributed by atoms with Crippen molar-refractivity contribution in [1.82, 2.24) is 4.98 Å². The van der Waals surface area contributed by atoms with Crippen LogP contribution >= 0.6 is 0 Å². The second-order valence-electron chi connectivity index (χ2n) is 5.95. The molecule has 1 atom stereocenters. The van der Waals surface area contributed by atoms with Crippen molar-refractivity contribution in [3.05, 3.63) is 89.5 Å². The van der Waals surface area contributed by atoms with Gasteiger partial charge in [0.15, 0.2) is 6.17 Å². The third-order valence-corrected chi connectivity index (χ3v) is 4.22. The summed E-state index contributed by atoms with van der Waals surface area (Å²) in [6.45, 7) is 1.91. The Morgan fingerprint density at radius 1 is 1.00 bits per heavy atom. The zero-order chi connectivity index (χ0) is 17.4. The topological polar surface area (TPSA) is 45.2 Å². The van der Waals surface area contributed by atoms with Crippen molar-refractivity contribution in [3.63, 3.8) is 0 Å². The Balaban J connectivity index is 1.87. The number of carbonyl (C=O) groups is 1. The lowest BCUT2D eigenvalue weighted by atomic mass is 10.0. The highest BCUT2D eigenvalue weighted by atomic mass is 19.1. The quantitative estimate of drug-likeness (QED) is 0.760. The molecular weight excluding hydrogens is 317 g/mol. The van der Waals surface area contributed by atoms with Crippen LogP contribution in [0, 0.1) is 12.7 Å². The molecule has 1 aliphatic rings. The van der Waals surface area contributed by atoms with Gasteiger partial charge in [-0.1, -0.05) is 18.2 Å². The summed E-state index contributed by atoms with van der Waals surface area (Å²) in [5, 5.41) is 3.38. The number of nitrogens with zero attached hydrogens (tertiary/aromatic N) is 2. The average Bonchev–Trinajstić information content (AvgIpc) is 2.63. The number of para-hydroxylation sites is 1. The van der Waals surface area contributed by atoms with Crippen LogP contribution in [0.5, 0.6) is 0 Å². The van der Waals surface area contributed by atoms with Crippen LogP contribution in [0.15, 0.2) is 66.7 Å². The molecule has 0 unspecified atom stereocenters. The summed E-state index contributed by atoms with van der Waals surface area (Å²) >= 11 is 0. The minimum Gasteiger partial charge on any atom is -0.359 e. The van der Waals surface area contributed by atoms with Crippen LogP contribution in [0.1, 0.15) is 27.9 Å². The van der Waals surface area contributed by atoms with E-state index in [1.807, 2.05) is 43.3 Å². The number of pyridine rings is 1. The molecular formula is C20H16FN3O. The Morgan fingerprint density at radius 2 is 1.76 bits per heavy atom. The van der Waals surface area contributed by atoms with E-state index in [2.05, 4.69) is 10.3 Å². The van der Waals surface area contributed by atoms with Crippen LogP contribution in [0.3, 0.4) is 0 Å². The van der Waals surface area contributed by atoms with E-state index in [0.717, 1.165) is 17.1 Å². The fraction of sp³-hybridized carbons (Fsp3) is 0.100. The predicted molar refractivity (Wildman–Crippen MR) is 95.0 cm³/mol. The van der Waals surface area contributed by atoms with Gasteiger partial charge in [0, 0.05) is 17.1 Å². The average molecular weight is 333 g/mol. The van der Waals surface area contributed by atoms with Crippen molar-refractivity contribution >= 4 is 17.3 Å². The van der Waals surface area contributed by atoms with Crippen molar-refractivity contribution in [2.45, 2.75) is 13.1 Å². The lowest BCUT2D eigenvalue weighted by molar-refractivity contribution is 0.0974. The number of anilines is 2. The Morgan fingerprint density at radius 3 is 2.52 bits per heavy atom. The molecule has 0 bridgehead atoms. The monoisotopic (exact) mass is 333 g/mol. The number of aryl methyl sites for hydroxylation is 1. The van der Waals surface area contributed by atoms with Gasteiger partial charge in [0.1, 0.15) is 5.82 Å². The molecule has 0 saturated carbocycles. The molecule has 2 aromatic carbocycles. The summed E-state index contributed by atoms with van der Waals surface area (Å²) in [6, 6.07) is 19.0. The van der Waals surface area contributed by atoms with E-state index in [9.17, 15) is 9.18 Å². The third-order valence-electron chi connectivity index (χ3n) is 4.22. The Kier molecular flexibility index (Phi) is 3.69. The molecule has 0 saturated heterocycles. The normalized spacial score (nSPS) is 16.3. The van der Waals surface area contributed by atoms with Crippen LogP contribution in [-0.4, -0.2) is 10.9 Å². The number of aromatic nitrogens is 1. The molecule has 1 amide bonds. The molecule has 1 aromatic heterocycles. The molecule has 124 valence electrons. The van der Waals surface area contributed by atoms with Crippen LogP contribution in [0.2, 0.25) is 0 Å². The van der Waals surface area contributed by atoms with Gasteiger partial charge in [-0.3, -0.25) is 14.7 Å². The molecule has 0 radical (unpaired) electrons. The van der Waals surface area contributed by atoms with Crippen LogP contribution in [0.25, 0.3) is 0 Å². The molecule has 0 fully saturated rings. The smallest absolute Gasteiger partial charge is 0.262 e. The molecule has 0 aliphatic carbocycles. The molecule has 25 heavy (non-hydrogen) atoms. The van der Waals surface area contributed by atoms with E-state index in [1.165, 1.54) is 12.1 Å². The van der Waals surface area contributed by atoms with E-state index < -0.39 is 6.17 Å². The molecule has 0 spiro atoms. The largest absolute Gasteiger partial charge is 0.359 e. The maximum atomic E-state index is 13.3. The van der Waals surface area contributed by atoms with Gasteiger partial charge in [0.05, 0.1) is 11.3 Å². The van der Waals surface area contributed by atoms with Gasteiger partial charge in [-0.2, -0.15) is 0 Å². The van der Waals surface area contributed by atoms with E-state index in [-0.39, 0.29) is 11.7 Å². The maximum absolute atomic E-state index is 13.3. The van der Waals surface area contributed by atoms with Gasteiger partial charge in [-0.25, -0.2) is 4.39 Å². The van der Waals surface area contributed by atoms with Gasteiger partial charge in [-0.15, -0.1) is 0 Å². The van der Waals surface area contributed by atoms with E-state index in [4.69, 9.17) is 0 Å². The summed E-state index contributed by atoms with van der Waals surface area (Å²) < 4.78 is 13.3. The Hall–Kier alpha value is -3.21. The molecule has 3 aromatic rings. The van der Waals surface area contributed by atoms with Crippen molar-refractivity contribution < 1.29 is 9.18 Å². The molecule has 4 rings (SSSR count). The second-order valence-corrected chi connectivity index (χ2v) is 5.95. The van der Waals surface area contributed by atoms with E-state index in [1.54, 1.807) is 23.1 Å². The number of halogens is 1. The highest BCUT2D eigenvalue weighted by Crippen LogP contribution is 2.36. The molecule has 4 nitrogen and oxygen atoms in total. The molecule has 1 N–H and O–H groups in total. The number of rotatable bonds is 2. The molecule has 2 heterocycles. The second kappa shape index (κ2) is 6.02. The predicted octanol–water partition coefficient (Wildman–Crippen LogP) is 4.30. The first kappa shape index (κ1) is 15.3. The van der Waals surface area contributed by atoms with Crippen molar-refractivity contribution in [2.24, 2.45) is 0 Å². The van der Waals surface area contributed by atoms with Crippen LogP contribution < -0.4 is 10.2 Å². The summed E-state index contributed by atoms with van der Waals surface area (Å²) in [7, 11) is 0. The number of fused-ring (bicyclic) bond motifs is 1. The number of nitrogens with one attached hydrogen (secondary N) is 1. The summed E-state index contributed by atoms with van der Waals surface area (Å²) in [5.41, 5.74) is 3.55. The zero-order valence-corrected chi connectivity index (χ0v) is 13.6. The summed E-state index contributed by atoms with van der Waals surface area (Å²) in [4.78, 5) is 19.3. The summed E-state index contributed by atoms with van der Waals surface area (Å²) in [6.07, 6.45) is -0.465. The van der Waals surface area contributed by atoms with Gasteiger partial charge in [-0.05, 0) is 55.5 Å². The zero-order valence-electron chi connectivity index (χ0n) is 13.6. The highest BCUT2D eigenvalue weighted by molar-refractivity contribution is 6.12. The van der Waals surface area contributed by atoms with Gasteiger partial charge < -0.3 is 5.32 Å². The third kappa shape index (κ3) is 2.74. The lowest BCUT2D eigenvalue weighted by Gasteiger charge is -2.37. The van der Waals surface area contributed by atoms with Crippen molar-refractivity contribution in [3.8, 4) is 0 Å². The number of benzene rings is 2. The van der Waals surface area contributed by atoms with Crippen molar-refractivity contribution in [2.75, 3.05) is 10.2 Å². The Bertz CT molecular complexity index is 940. The minimum absolute atomic E-state index is 0.144. The maximum Gasteiger partial charge on any atom is 0.262 e. The number of hydrogen-bond donors (Lipinski definition) is 1. The van der Waals surface area contributed by atoms with Crippen LogP contribution in [-0.2, 0) is 0 Å². The van der Waals surface area contributed by atoms with Gasteiger partial charge >= 0.3 is 0 Å². The summed E-state index contributed by atoms with van der Waals surface area (Å²) in [5.74, 6) is -0.485. The van der Waals surface area contributed by atoms with Crippen molar-refractivity contribution in [1.29, 1.82) is 0 Å². The van der Waals surface area contributed by atoms with E-state index in [0.29, 0.717) is 11.3 Å². The first-order chi connectivity index (χ1) is 12.1. The minimum atomic E-state index is -0.465. The first-order valence-electron chi connectivity index (χ1n) is 8.02. The van der Waals surface area contributed by atoms with E-state index >= 15 is 0 Å². The fourth-order valence-electron chi connectivity index (χ4n) is 3.04. The Labute approximate surface area is 144 Å². The first-order valence-corrected chi connectivity index (χ1v) is 8.02. The highest BCUT2D eigenvalue weighted by Gasteiger charge is 2.34.